The molecule has 4 rings (SSSR count). The molecule has 0 spiro atoms. The Morgan fingerprint density at radius 3 is 2.71 bits per heavy atom. The summed E-state index contributed by atoms with van der Waals surface area (Å²) in [6.45, 7) is -0.329. The highest BCUT2D eigenvalue weighted by atomic mass is 32.1. The second-order valence-electron chi connectivity index (χ2n) is 6.53. The second-order valence-corrected chi connectivity index (χ2v) is 7.61. The van der Waals surface area contributed by atoms with Gasteiger partial charge in [0.2, 0.25) is 0 Å². The van der Waals surface area contributed by atoms with E-state index in [2.05, 4.69) is 9.97 Å². The number of ether oxygens (including phenoxy) is 3. The molecular formula is C20H20N2O5S. The molecule has 8 heteroatoms. The van der Waals surface area contributed by atoms with E-state index < -0.39 is 5.97 Å². The molecule has 2 aromatic heterocycles. The van der Waals surface area contributed by atoms with E-state index in [4.69, 9.17) is 14.2 Å². The number of methoxy groups -OCH3 is 1. The molecule has 0 bridgehead atoms. The molecule has 28 heavy (non-hydrogen) atoms. The Morgan fingerprint density at radius 1 is 1.18 bits per heavy atom. The molecule has 0 unspecified atom stereocenters. The van der Waals surface area contributed by atoms with Crippen LogP contribution < -0.4 is 15.0 Å². The third-order valence-electron chi connectivity index (χ3n) is 4.66. The number of hydrogen-bond donors (Lipinski definition) is 1. The van der Waals surface area contributed by atoms with Gasteiger partial charge in [-0.1, -0.05) is 0 Å². The maximum atomic E-state index is 12.5. The molecule has 0 saturated carbocycles. The molecule has 0 radical (unpaired) electrons. The van der Waals surface area contributed by atoms with Crippen molar-refractivity contribution in [2.75, 3.05) is 13.7 Å². The Labute approximate surface area is 165 Å². The van der Waals surface area contributed by atoms with Crippen molar-refractivity contribution >= 4 is 27.5 Å². The summed E-state index contributed by atoms with van der Waals surface area (Å²) in [5, 5.41) is 0.692. The highest BCUT2D eigenvalue weighted by molar-refractivity contribution is 7.18. The maximum absolute atomic E-state index is 12.5. The molecule has 1 aliphatic rings. The van der Waals surface area contributed by atoms with Gasteiger partial charge in [0.15, 0.2) is 6.61 Å². The van der Waals surface area contributed by atoms with Gasteiger partial charge in [0, 0.05) is 4.88 Å². The first-order valence-electron chi connectivity index (χ1n) is 9.10. The van der Waals surface area contributed by atoms with Gasteiger partial charge < -0.3 is 19.2 Å². The van der Waals surface area contributed by atoms with Crippen LogP contribution in [0.2, 0.25) is 0 Å². The van der Waals surface area contributed by atoms with E-state index >= 15 is 0 Å². The molecule has 7 nitrogen and oxygen atoms in total. The number of thiophene rings is 1. The highest BCUT2D eigenvalue weighted by Gasteiger charge is 2.20. The Morgan fingerprint density at radius 2 is 1.93 bits per heavy atom. The van der Waals surface area contributed by atoms with Crippen molar-refractivity contribution in [3.8, 4) is 11.5 Å². The zero-order chi connectivity index (χ0) is 19.5. The van der Waals surface area contributed by atoms with Crippen LogP contribution >= 0.6 is 11.3 Å². The van der Waals surface area contributed by atoms with Gasteiger partial charge in [0.25, 0.3) is 5.56 Å². The van der Waals surface area contributed by atoms with Gasteiger partial charge in [-0.3, -0.25) is 4.79 Å². The van der Waals surface area contributed by atoms with Gasteiger partial charge in [-0.2, -0.15) is 0 Å². The standard InChI is InChI=1S/C20H20N2O5S/c1-25-12-6-8-13(9-7-12)26-11-17(23)27-10-16-21-19(24)18-14-4-2-3-5-15(14)28-20(18)22-16/h6-9H,2-5,10-11H2,1H3,(H,21,22,24). The summed E-state index contributed by atoms with van der Waals surface area (Å²) in [6.07, 6.45) is 4.18. The highest BCUT2D eigenvalue weighted by Crippen LogP contribution is 2.33. The van der Waals surface area contributed by atoms with E-state index in [0.29, 0.717) is 22.7 Å². The number of hydrogen-bond acceptors (Lipinski definition) is 7. The fraction of sp³-hybridized carbons (Fsp3) is 0.350. The molecule has 146 valence electrons. The quantitative estimate of drug-likeness (QED) is 0.640. The van der Waals surface area contributed by atoms with E-state index in [9.17, 15) is 9.59 Å². The smallest absolute Gasteiger partial charge is 0.344 e. The Bertz CT molecular complexity index is 1050. The number of esters is 1. The summed E-state index contributed by atoms with van der Waals surface area (Å²) in [5.74, 6) is 1.04. The molecule has 1 aromatic carbocycles. The number of aryl methyl sites for hydroxylation is 2. The number of benzene rings is 1. The van der Waals surface area contributed by atoms with Gasteiger partial charge in [-0.15, -0.1) is 11.3 Å². The minimum absolute atomic E-state index is 0.0987. The molecule has 0 saturated heterocycles. The van der Waals surface area contributed by atoms with Crippen molar-refractivity contribution in [1.29, 1.82) is 0 Å². The summed E-state index contributed by atoms with van der Waals surface area (Å²) >= 11 is 1.57. The lowest BCUT2D eigenvalue weighted by atomic mass is 9.97. The molecular weight excluding hydrogens is 380 g/mol. The number of carbonyl (C=O) groups excluding carboxylic acids is 1. The van der Waals surface area contributed by atoms with E-state index in [-0.39, 0.29) is 18.8 Å². The first-order chi connectivity index (χ1) is 13.6. The fourth-order valence-electron chi connectivity index (χ4n) is 3.28. The van der Waals surface area contributed by atoms with Crippen molar-refractivity contribution in [3.63, 3.8) is 0 Å². The normalized spacial score (nSPS) is 13.2. The predicted molar refractivity (Wildman–Crippen MR) is 105 cm³/mol. The average Bonchev–Trinajstić information content (AvgIpc) is 3.10. The monoisotopic (exact) mass is 400 g/mol. The third kappa shape index (κ3) is 3.87. The number of nitrogens with zero attached hydrogens (tertiary/aromatic N) is 1. The SMILES string of the molecule is COc1ccc(OCC(=O)OCc2nc3sc4c(c3c(=O)[nH]2)CCCC4)cc1. The van der Waals surface area contributed by atoms with Crippen molar-refractivity contribution < 1.29 is 19.0 Å². The lowest BCUT2D eigenvalue weighted by Crippen LogP contribution is -2.18. The minimum atomic E-state index is -0.538. The summed E-state index contributed by atoms with van der Waals surface area (Å²) in [4.78, 5) is 33.6. The maximum Gasteiger partial charge on any atom is 0.344 e. The number of fused-ring (bicyclic) bond motifs is 3. The number of carbonyl (C=O) groups is 1. The van der Waals surface area contributed by atoms with E-state index in [1.165, 1.54) is 4.88 Å². The molecule has 0 fully saturated rings. The minimum Gasteiger partial charge on any atom is -0.497 e. The topological polar surface area (TPSA) is 90.5 Å². The van der Waals surface area contributed by atoms with Crippen LogP contribution in [0.3, 0.4) is 0 Å². The Balaban J connectivity index is 1.38. The van der Waals surface area contributed by atoms with Gasteiger partial charge in [0.05, 0.1) is 12.5 Å². The van der Waals surface area contributed by atoms with E-state index in [0.717, 1.165) is 36.1 Å². The summed E-state index contributed by atoms with van der Waals surface area (Å²) < 4.78 is 15.6. The number of rotatable bonds is 6. The van der Waals surface area contributed by atoms with Gasteiger partial charge in [-0.05, 0) is 55.5 Å². The molecule has 1 aliphatic carbocycles. The largest absolute Gasteiger partial charge is 0.497 e. The summed E-state index contributed by atoms with van der Waals surface area (Å²) in [7, 11) is 1.58. The van der Waals surface area contributed by atoms with Crippen LogP contribution in [0.25, 0.3) is 10.2 Å². The van der Waals surface area contributed by atoms with Crippen LogP contribution in [0.4, 0.5) is 0 Å². The number of aromatic nitrogens is 2. The average molecular weight is 400 g/mol. The van der Waals surface area contributed by atoms with Gasteiger partial charge >= 0.3 is 5.97 Å². The van der Waals surface area contributed by atoms with Crippen molar-refractivity contribution in [3.05, 3.63) is 50.9 Å². The van der Waals surface area contributed by atoms with Gasteiger partial charge in [-0.25, -0.2) is 9.78 Å². The first kappa shape index (κ1) is 18.5. The number of nitrogens with one attached hydrogen (secondary N) is 1. The molecule has 0 amide bonds. The van der Waals surface area contributed by atoms with Crippen LogP contribution in [-0.2, 0) is 29.0 Å². The predicted octanol–water partition coefficient (Wildman–Crippen LogP) is 2.99. The molecule has 0 atom stereocenters. The zero-order valence-corrected chi connectivity index (χ0v) is 16.3. The number of aromatic amines is 1. The van der Waals surface area contributed by atoms with Crippen LogP contribution in [0.1, 0.15) is 29.1 Å². The number of H-pyrrole nitrogens is 1. The molecule has 1 N–H and O–H groups in total. The lowest BCUT2D eigenvalue weighted by molar-refractivity contribution is -0.147. The first-order valence-corrected chi connectivity index (χ1v) is 9.91. The van der Waals surface area contributed by atoms with Crippen molar-refractivity contribution in [2.24, 2.45) is 0 Å². The van der Waals surface area contributed by atoms with Crippen LogP contribution in [-0.4, -0.2) is 29.7 Å². The van der Waals surface area contributed by atoms with E-state index in [1.54, 1.807) is 42.7 Å². The zero-order valence-electron chi connectivity index (χ0n) is 15.4. The van der Waals surface area contributed by atoms with Gasteiger partial charge in [0.1, 0.15) is 28.8 Å². The van der Waals surface area contributed by atoms with Crippen LogP contribution in [0.15, 0.2) is 29.1 Å². The lowest BCUT2D eigenvalue weighted by Gasteiger charge is -2.09. The fourth-order valence-corrected chi connectivity index (χ4v) is 4.56. The second kappa shape index (κ2) is 8.02. The van der Waals surface area contributed by atoms with Crippen LogP contribution in [0, 0.1) is 0 Å². The summed E-state index contributed by atoms with van der Waals surface area (Å²) in [5.41, 5.74) is 0.973. The molecule has 2 heterocycles. The Kier molecular flexibility index (Phi) is 5.29. The van der Waals surface area contributed by atoms with E-state index in [1.807, 2.05) is 0 Å². The van der Waals surface area contributed by atoms with Crippen LogP contribution in [0.5, 0.6) is 11.5 Å². The third-order valence-corrected chi connectivity index (χ3v) is 5.85. The Hall–Kier alpha value is -2.87. The van der Waals surface area contributed by atoms with Crippen molar-refractivity contribution in [2.45, 2.75) is 32.3 Å². The molecule has 3 aromatic rings. The summed E-state index contributed by atoms with van der Waals surface area (Å²) in [6, 6.07) is 6.89. The molecule has 0 aliphatic heterocycles. The van der Waals surface area contributed by atoms with Crippen molar-refractivity contribution in [1.82, 2.24) is 9.97 Å².